The summed E-state index contributed by atoms with van der Waals surface area (Å²) in [5.41, 5.74) is 6.38. The highest BCUT2D eigenvalue weighted by Gasteiger charge is 2.50. The maximum Gasteiger partial charge on any atom is 0.293 e. The molecule has 17 heteroatoms. The molecule has 1 spiro atoms. The molecule has 2 aromatic heterocycles. The zero-order valence-electron chi connectivity index (χ0n) is 43.8. The van der Waals surface area contributed by atoms with Gasteiger partial charge in [-0.15, -0.1) is 0 Å². The smallest absolute Gasteiger partial charge is 0.293 e. The maximum atomic E-state index is 14.1. The molecule has 1 atom stereocenters. The summed E-state index contributed by atoms with van der Waals surface area (Å²) in [6, 6.07) is 28.8. The Morgan fingerprint density at radius 1 is 0.974 bits per heavy atom. The van der Waals surface area contributed by atoms with E-state index < -0.39 is 37.0 Å². The fourth-order valence-electron chi connectivity index (χ4n) is 12.8. The van der Waals surface area contributed by atoms with Crippen LogP contribution in [0, 0.1) is 21.4 Å². The summed E-state index contributed by atoms with van der Waals surface area (Å²) in [4.78, 5) is 40.7. The molecule has 1 unspecified atom stereocenters. The van der Waals surface area contributed by atoms with Gasteiger partial charge in [0.25, 0.3) is 21.6 Å². The Kier molecular flexibility index (Phi) is 14.3. The molecule has 11 rings (SSSR count). The molecule has 400 valence electrons. The molecule has 2 saturated heterocycles. The molecule has 16 nitrogen and oxygen atoms in total. The first kappa shape index (κ1) is 51.6. The first-order valence-corrected chi connectivity index (χ1v) is 28.7. The zero-order valence-corrected chi connectivity index (χ0v) is 44.6. The van der Waals surface area contributed by atoms with Crippen LogP contribution in [0.2, 0.25) is 0 Å². The fourth-order valence-corrected chi connectivity index (χ4v) is 13.8. The number of pyridine rings is 1. The lowest BCUT2D eigenvalue weighted by Crippen LogP contribution is -2.60. The number of aromatic nitrogens is 2. The van der Waals surface area contributed by atoms with Crippen molar-refractivity contribution in [2.45, 2.75) is 120 Å². The number of carbonyl (C=O) groups excluding carboxylic acids is 1. The number of nitro benzene ring substituents is 1. The number of rotatable bonds is 15. The number of carbonyl (C=O) groups is 1. The quantitative estimate of drug-likeness (QED) is 0.0561. The van der Waals surface area contributed by atoms with Crippen LogP contribution in [0.25, 0.3) is 11.0 Å². The summed E-state index contributed by atoms with van der Waals surface area (Å²) >= 11 is 0. The summed E-state index contributed by atoms with van der Waals surface area (Å²) in [6.45, 7) is 13.2. The molecule has 76 heavy (non-hydrogen) atoms. The van der Waals surface area contributed by atoms with Crippen molar-refractivity contribution in [2.75, 3.05) is 56.1 Å². The van der Waals surface area contributed by atoms with Crippen LogP contribution >= 0.6 is 0 Å². The number of ether oxygens (including phenoxy) is 2. The molecule has 4 aromatic carbocycles. The minimum Gasteiger partial charge on any atom is -0.493 e. The van der Waals surface area contributed by atoms with E-state index in [2.05, 4.69) is 91.0 Å². The highest BCUT2D eigenvalue weighted by molar-refractivity contribution is 7.90. The number of nitrogens with zero attached hydrogens (tertiary/aromatic N) is 5. The second-order valence-corrected chi connectivity index (χ2v) is 24.4. The van der Waals surface area contributed by atoms with Crippen LogP contribution in [0.3, 0.4) is 0 Å². The van der Waals surface area contributed by atoms with Gasteiger partial charge >= 0.3 is 0 Å². The molecule has 5 aliphatic rings. The third-order valence-corrected chi connectivity index (χ3v) is 18.5. The van der Waals surface area contributed by atoms with E-state index >= 15 is 0 Å². The van der Waals surface area contributed by atoms with Gasteiger partial charge in [-0.2, -0.15) is 0 Å². The van der Waals surface area contributed by atoms with Gasteiger partial charge in [-0.25, -0.2) is 18.1 Å². The number of nitro groups is 1. The predicted octanol–water partition coefficient (Wildman–Crippen LogP) is 10.5. The normalized spacial score (nSPS) is 22.2. The van der Waals surface area contributed by atoms with E-state index in [1.165, 1.54) is 34.4 Å². The van der Waals surface area contributed by atoms with Crippen molar-refractivity contribution >= 4 is 44.0 Å². The first-order chi connectivity index (χ1) is 36.6. The van der Waals surface area contributed by atoms with Gasteiger partial charge in [0.05, 0.1) is 33.8 Å². The maximum absolute atomic E-state index is 14.1. The van der Waals surface area contributed by atoms with Crippen LogP contribution in [0.1, 0.15) is 123 Å². The van der Waals surface area contributed by atoms with Gasteiger partial charge in [0.2, 0.25) is 0 Å². The lowest BCUT2D eigenvalue weighted by molar-refractivity contribution is -0.384. The van der Waals surface area contributed by atoms with Gasteiger partial charge in [0.1, 0.15) is 28.6 Å². The topological polar surface area (TPSA) is 195 Å². The number of fused-ring (bicyclic) bond motifs is 2. The number of piperidine rings is 1. The summed E-state index contributed by atoms with van der Waals surface area (Å²) < 4.78 is 42.4. The predicted molar refractivity (Wildman–Crippen MR) is 294 cm³/mol. The van der Waals surface area contributed by atoms with Crippen molar-refractivity contribution in [1.82, 2.24) is 24.5 Å². The molecule has 0 radical (unpaired) electrons. The van der Waals surface area contributed by atoms with Gasteiger partial charge in [-0.3, -0.25) is 24.7 Å². The van der Waals surface area contributed by atoms with Crippen LogP contribution in [0.15, 0.2) is 108 Å². The average molecular weight is 1050 g/mol. The van der Waals surface area contributed by atoms with Crippen molar-refractivity contribution in [2.24, 2.45) is 11.3 Å². The second kappa shape index (κ2) is 21.1. The number of amides is 1. The summed E-state index contributed by atoms with van der Waals surface area (Å²) in [7, 11) is -4.59. The van der Waals surface area contributed by atoms with E-state index in [0.29, 0.717) is 48.8 Å². The van der Waals surface area contributed by atoms with Crippen molar-refractivity contribution in [1.29, 1.82) is 0 Å². The van der Waals surface area contributed by atoms with E-state index in [0.717, 1.165) is 120 Å². The molecule has 1 amide bonds. The molecule has 5 heterocycles. The Hall–Kier alpha value is -6.53. The largest absolute Gasteiger partial charge is 0.493 e. The lowest BCUT2D eigenvalue weighted by Gasteiger charge is -2.58. The van der Waals surface area contributed by atoms with Crippen LogP contribution in [0.4, 0.5) is 17.1 Å². The highest BCUT2D eigenvalue weighted by atomic mass is 32.2. The molecule has 0 bridgehead atoms. The van der Waals surface area contributed by atoms with Gasteiger partial charge in [0.15, 0.2) is 0 Å². The average Bonchev–Trinajstić information content (AvgIpc) is 3.92. The molecular weight excluding hydrogens is 981 g/mol. The Bertz CT molecular complexity index is 3220. The second-order valence-electron chi connectivity index (χ2n) is 22.7. The Morgan fingerprint density at radius 2 is 1.78 bits per heavy atom. The van der Waals surface area contributed by atoms with Crippen molar-refractivity contribution in [3.05, 3.63) is 141 Å². The minimum atomic E-state index is -4.59. The molecule has 6 aromatic rings. The highest BCUT2D eigenvalue weighted by Crippen LogP contribution is 2.53. The number of aromatic amines is 1. The van der Waals surface area contributed by atoms with Gasteiger partial charge in [-0.05, 0) is 153 Å². The van der Waals surface area contributed by atoms with E-state index in [9.17, 15) is 28.4 Å². The number of sulfonamides is 1. The standard InChI is InChI=1S/C59H70N8O8S/c1-39(2)47-9-4-5-10-49(47)53-38-64(37-42-8-6-12-54-48(42)11-7-29-74-54)27-28-66(53)44-33-59(34-44)22-25-65(26-23-59)43-13-15-50(55(31-43)75-45-30-41-19-24-60-56(41)62-36-45)57(68)63-76(72,73)46-14-16-51(52(32-46)67(70)71)61-35-40-17-20-58(3,69)21-18-40/h4-6,8-10,12-16,19,24,30-32,36,39-40,44,53,61,69H,7,11,17-18,20-23,25-29,33-35,37-38H2,1-3H3,(H,60,62)(H,63,68)/t40-,53?,58-. The van der Waals surface area contributed by atoms with Crippen molar-refractivity contribution in [3.63, 3.8) is 0 Å². The summed E-state index contributed by atoms with van der Waals surface area (Å²) in [5, 5.41) is 26.5. The van der Waals surface area contributed by atoms with Crippen molar-refractivity contribution < 1.29 is 32.7 Å². The number of benzene rings is 4. The first-order valence-electron chi connectivity index (χ1n) is 27.2. The van der Waals surface area contributed by atoms with E-state index in [4.69, 9.17) is 9.47 Å². The molecule has 3 aliphatic heterocycles. The number of nitrogens with one attached hydrogen (secondary N) is 3. The summed E-state index contributed by atoms with van der Waals surface area (Å²) in [5.74, 6) is 1.23. The van der Waals surface area contributed by atoms with E-state index in [-0.39, 0.29) is 28.3 Å². The van der Waals surface area contributed by atoms with Crippen LogP contribution in [0.5, 0.6) is 17.2 Å². The lowest BCUT2D eigenvalue weighted by atomic mass is 9.59. The minimum absolute atomic E-state index is 0.0260. The summed E-state index contributed by atoms with van der Waals surface area (Å²) in [6.07, 6.45) is 12.6. The van der Waals surface area contributed by atoms with Crippen LogP contribution < -0.4 is 24.4 Å². The molecule has 2 saturated carbocycles. The fraction of sp³-hybridized carbons (Fsp3) is 0.458. The van der Waals surface area contributed by atoms with E-state index in [1.807, 2.05) is 19.1 Å². The van der Waals surface area contributed by atoms with Crippen LogP contribution in [-0.2, 0) is 23.0 Å². The zero-order chi connectivity index (χ0) is 52.8. The number of H-pyrrole nitrogens is 1. The third kappa shape index (κ3) is 10.9. The number of hydrogen-bond acceptors (Lipinski definition) is 13. The number of aliphatic hydroxyl groups is 1. The van der Waals surface area contributed by atoms with Crippen molar-refractivity contribution in [3.8, 4) is 17.2 Å². The molecule has 4 fully saturated rings. The number of hydrogen-bond donors (Lipinski definition) is 4. The van der Waals surface area contributed by atoms with Gasteiger partial charge in [-0.1, -0.05) is 50.2 Å². The number of anilines is 2. The number of piperazine rings is 1. The molecular formula is C59H70N8O8S. The molecule has 2 aliphatic carbocycles. The third-order valence-electron chi connectivity index (χ3n) is 17.2. The monoisotopic (exact) mass is 1050 g/mol. The Morgan fingerprint density at radius 3 is 2.57 bits per heavy atom. The molecule has 4 N–H and O–H groups in total. The van der Waals surface area contributed by atoms with Gasteiger partial charge < -0.3 is 29.8 Å². The SMILES string of the molecule is CC(C)c1ccccc1C1CN(Cc2cccc3c2CCCO3)CCN1C1CC2(CCN(c3ccc(C(=O)NS(=O)(=O)c4ccc(NC[C@H]5CC[C@](C)(O)CC5)c([N+](=O)[O-])c4)c(Oc4cnc5[nH]ccc5c4)c3)CC2)C1. The Balaban J connectivity index is 0.780. The van der Waals surface area contributed by atoms with Crippen LogP contribution in [-0.4, -0.2) is 102 Å². The van der Waals surface area contributed by atoms with E-state index in [1.54, 1.807) is 30.6 Å². The Labute approximate surface area is 445 Å². The van der Waals surface area contributed by atoms with Gasteiger partial charge in [0, 0.05) is 87.3 Å².